The fourth-order valence-electron chi connectivity index (χ4n) is 2.03. The summed E-state index contributed by atoms with van der Waals surface area (Å²) < 4.78 is 5.16. The summed E-state index contributed by atoms with van der Waals surface area (Å²) in [6, 6.07) is 1.87. The predicted octanol–water partition coefficient (Wildman–Crippen LogP) is 1.55. The van der Waals surface area contributed by atoms with Crippen LogP contribution in [0.25, 0.3) is 0 Å². The van der Waals surface area contributed by atoms with Gasteiger partial charge in [-0.25, -0.2) is 4.79 Å². The van der Waals surface area contributed by atoms with Crippen LogP contribution in [0.15, 0.2) is 11.6 Å². The third kappa shape index (κ3) is 1.44. The Morgan fingerprint density at radius 1 is 1.46 bits per heavy atom. The Morgan fingerprint density at radius 3 is 3.00 bits per heavy atom. The number of fused-ring (bicyclic) bond motifs is 1. The summed E-state index contributed by atoms with van der Waals surface area (Å²) in [7, 11) is 0. The second-order valence-corrected chi connectivity index (χ2v) is 3.58. The molecule has 0 aromatic heterocycles. The van der Waals surface area contributed by atoms with E-state index in [2.05, 4.69) is 0 Å². The van der Waals surface area contributed by atoms with E-state index >= 15 is 0 Å². The molecule has 2 atom stereocenters. The lowest BCUT2D eigenvalue weighted by Gasteiger charge is -2.32. The zero-order chi connectivity index (χ0) is 9.26. The fourth-order valence-corrected chi connectivity index (χ4v) is 2.03. The number of carbonyl (C=O) groups excluding carboxylic acids is 1. The molecule has 2 rings (SSSR count). The molecule has 1 fully saturated rings. The van der Waals surface area contributed by atoms with Crippen LogP contribution in [0.3, 0.4) is 0 Å². The van der Waals surface area contributed by atoms with Crippen molar-refractivity contribution in [3.05, 3.63) is 11.6 Å². The smallest absolute Gasteiger partial charge is 0.348 e. The largest absolute Gasteiger partial charge is 0.458 e. The average molecular weight is 177 g/mol. The zero-order valence-corrected chi connectivity index (χ0v) is 7.32. The van der Waals surface area contributed by atoms with Crippen molar-refractivity contribution in [2.45, 2.75) is 31.8 Å². The van der Waals surface area contributed by atoms with Crippen molar-refractivity contribution in [3.8, 4) is 6.07 Å². The molecular formula is C10H11NO2. The third-order valence-electron chi connectivity index (χ3n) is 2.73. The lowest BCUT2D eigenvalue weighted by Crippen LogP contribution is -2.33. The molecule has 3 heteroatoms. The van der Waals surface area contributed by atoms with Gasteiger partial charge in [0.1, 0.15) is 17.7 Å². The number of nitrogens with zero attached hydrogens (tertiary/aromatic N) is 1. The molecule has 2 aliphatic rings. The van der Waals surface area contributed by atoms with E-state index in [0.717, 1.165) is 19.3 Å². The summed E-state index contributed by atoms with van der Waals surface area (Å²) in [5.41, 5.74) is 0.183. The van der Waals surface area contributed by atoms with Gasteiger partial charge in [-0.1, -0.05) is 12.5 Å². The van der Waals surface area contributed by atoms with Gasteiger partial charge in [-0.05, 0) is 19.3 Å². The summed E-state index contributed by atoms with van der Waals surface area (Å²) in [5, 5.41) is 8.63. The lowest BCUT2D eigenvalue weighted by molar-refractivity contribution is -0.149. The molecular weight excluding hydrogens is 166 g/mol. The summed E-state index contributed by atoms with van der Waals surface area (Å²) in [6.07, 6.45) is 6.13. The number of nitriles is 1. The van der Waals surface area contributed by atoms with Crippen molar-refractivity contribution < 1.29 is 9.53 Å². The van der Waals surface area contributed by atoms with Crippen molar-refractivity contribution >= 4 is 5.97 Å². The maximum absolute atomic E-state index is 11.2. The van der Waals surface area contributed by atoms with Gasteiger partial charge in [0.15, 0.2) is 0 Å². The molecule has 3 nitrogen and oxygen atoms in total. The summed E-state index contributed by atoms with van der Waals surface area (Å²) in [4.78, 5) is 11.2. The van der Waals surface area contributed by atoms with E-state index in [4.69, 9.17) is 10.00 Å². The molecule has 0 N–H and O–H groups in total. The number of hydrogen-bond acceptors (Lipinski definition) is 3. The van der Waals surface area contributed by atoms with Crippen LogP contribution in [0.4, 0.5) is 0 Å². The Labute approximate surface area is 77.0 Å². The highest BCUT2D eigenvalue weighted by atomic mass is 16.5. The Balaban J connectivity index is 2.22. The van der Waals surface area contributed by atoms with Gasteiger partial charge in [0, 0.05) is 5.92 Å². The van der Waals surface area contributed by atoms with Gasteiger partial charge in [0.05, 0.1) is 0 Å². The molecule has 0 amide bonds. The third-order valence-corrected chi connectivity index (χ3v) is 2.73. The maximum Gasteiger partial charge on any atom is 0.348 e. The van der Waals surface area contributed by atoms with Crippen LogP contribution in [0, 0.1) is 17.2 Å². The van der Waals surface area contributed by atoms with E-state index in [1.807, 2.05) is 6.07 Å². The highest BCUT2D eigenvalue weighted by Crippen LogP contribution is 2.32. The summed E-state index contributed by atoms with van der Waals surface area (Å²) >= 11 is 0. The Hall–Kier alpha value is -1.30. The maximum atomic E-state index is 11.2. The van der Waals surface area contributed by atoms with Gasteiger partial charge < -0.3 is 4.74 Å². The minimum Gasteiger partial charge on any atom is -0.458 e. The van der Waals surface area contributed by atoms with E-state index in [1.165, 1.54) is 6.42 Å². The highest BCUT2D eigenvalue weighted by molar-refractivity contribution is 5.93. The molecule has 13 heavy (non-hydrogen) atoms. The monoisotopic (exact) mass is 177 g/mol. The first-order valence-electron chi connectivity index (χ1n) is 4.64. The molecule has 0 radical (unpaired) electrons. The van der Waals surface area contributed by atoms with Crippen molar-refractivity contribution in [2.24, 2.45) is 5.92 Å². The molecule has 1 aliphatic heterocycles. The van der Waals surface area contributed by atoms with Crippen molar-refractivity contribution in [2.75, 3.05) is 0 Å². The zero-order valence-electron chi connectivity index (χ0n) is 7.32. The SMILES string of the molecule is N#CC1=CC2CCCCC2OC1=O. The average Bonchev–Trinajstić information content (AvgIpc) is 2.17. The quantitative estimate of drug-likeness (QED) is 0.527. The summed E-state index contributed by atoms with van der Waals surface area (Å²) in [6.45, 7) is 0. The number of esters is 1. The van der Waals surface area contributed by atoms with Crippen LogP contribution in [0.1, 0.15) is 25.7 Å². The second kappa shape index (κ2) is 3.21. The van der Waals surface area contributed by atoms with Gasteiger partial charge in [-0.2, -0.15) is 5.26 Å². The minimum absolute atomic E-state index is 0.0401. The van der Waals surface area contributed by atoms with E-state index in [-0.39, 0.29) is 11.7 Å². The van der Waals surface area contributed by atoms with E-state index < -0.39 is 5.97 Å². The predicted molar refractivity (Wildman–Crippen MR) is 45.5 cm³/mol. The van der Waals surface area contributed by atoms with Crippen LogP contribution >= 0.6 is 0 Å². The number of hydrogen-bond donors (Lipinski definition) is 0. The van der Waals surface area contributed by atoms with E-state index in [9.17, 15) is 4.79 Å². The molecule has 0 aromatic rings. The van der Waals surface area contributed by atoms with Crippen LogP contribution in [-0.2, 0) is 9.53 Å². The fraction of sp³-hybridized carbons (Fsp3) is 0.600. The molecule has 0 saturated heterocycles. The summed E-state index contributed by atoms with van der Waals surface area (Å²) in [5.74, 6) is -0.147. The lowest BCUT2D eigenvalue weighted by atomic mass is 9.84. The second-order valence-electron chi connectivity index (χ2n) is 3.58. The van der Waals surface area contributed by atoms with Crippen LogP contribution < -0.4 is 0 Å². The van der Waals surface area contributed by atoms with Gasteiger partial charge in [-0.3, -0.25) is 0 Å². The first-order chi connectivity index (χ1) is 6.31. The number of ether oxygens (including phenoxy) is 1. The molecule has 1 saturated carbocycles. The first-order valence-corrected chi connectivity index (χ1v) is 4.64. The van der Waals surface area contributed by atoms with Crippen LogP contribution in [0.5, 0.6) is 0 Å². The molecule has 1 aliphatic carbocycles. The van der Waals surface area contributed by atoms with Crippen molar-refractivity contribution in [1.82, 2.24) is 0 Å². The molecule has 1 heterocycles. The van der Waals surface area contributed by atoms with Crippen LogP contribution in [0.2, 0.25) is 0 Å². The Bertz CT molecular complexity index is 301. The highest BCUT2D eigenvalue weighted by Gasteiger charge is 2.32. The molecule has 2 unspecified atom stereocenters. The Morgan fingerprint density at radius 2 is 2.23 bits per heavy atom. The van der Waals surface area contributed by atoms with E-state index in [0.29, 0.717) is 5.92 Å². The van der Waals surface area contributed by atoms with Gasteiger partial charge in [0.2, 0.25) is 0 Å². The van der Waals surface area contributed by atoms with Gasteiger partial charge in [-0.15, -0.1) is 0 Å². The molecule has 0 spiro atoms. The molecule has 68 valence electrons. The van der Waals surface area contributed by atoms with Crippen LogP contribution in [-0.4, -0.2) is 12.1 Å². The van der Waals surface area contributed by atoms with Crippen molar-refractivity contribution in [3.63, 3.8) is 0 Å². The Kier molecular flexibility index (Phi) is 2.05. The van der Waals surface area contributed by atoms with Crippen molar-refractivity contribution in [1.29, 1.82) is 5.26 Å². The van der Waals surface area contributed by atoms with Gasteiger partial charge in [0.25, 0.3) is 0 Å². The van der Waals surface area contributed by atoms with E-state index in [1.54, 1.807) is 6.08 Å². The normalized spacial score (nSPS) is 32.5. The minimum atomic E-state index is -0.439. The first kappa shape index (κ1) is 8.31. The number of rotatable bonds is 0. The number of carbonyl (C=O) groups is 1. The molecule has 0 aromatic carbocycles. The topological polar surface area (TPSA) is 50.1 Å². The molecule has 0 bridgehead atoms. The van der Waals surface area contributed by atoms with Gasteiger partial charge >= 0.3 is 5.97 Å². The standard InChI is InChI=1S/C10H11NO2/c11-6-8-5-7-3-1-2-4-9(7)13-10(8)12/h5,7,9H,1-4H2.